The molecule has 23 heavy (non-hydrogen) atoms. The lowest BCUT2D eigenvalue weighted by Crippen LogP contribution is -3.10. The van der Waals surface area contributed by atoms with Gasteiger partial charge in [0.15, 0.2) is 6.54 Å². The predicted molar refractivity (Wildman–Crippen MR) is 90.9 cm³/mol. The first-order chi connectivity index (χ1) is 10.9. The van der Waals surface area contributed by atoms with E-state index in [9.17, 15) is 10.1 Å². The smallest absolute Gasteiger partial charge is 0.276 e. The van der Waals surface area contributed by atoms with Crippen LogP contribution < -0.4 is 10.2 Å². The Balaban J connectivity index is 2.04. The Labute approximate surface area is 139 Å². The van der Waals surface area contributed by atoms with E-state index in [1.807, 2.05) is 13.8 Å². The molecule has 2 N–H and O–H groups in total. The van der Waals surface area contributed by atoms with Gasteiger partial charge in [-0.3, -0.25) is 4.79 Å². The Morgan fingerprint density at radius 2 is 2.17 bits per heavy atom. The van der Waals surface area contributed by atoms with Crippen LogP contribution in [-0.4, -0.2) is 25.0 Å². The van der Waals surface area contributed by atoms with Crippen molar-refractivity contribution >= 4 is 5.91 Å². The lowest BCUT2D eigenvalue weighted by Gasteiger charge is -2.32. The maximum Gasteiger partial charge on any atom is 0.276 e. The number of nitrogens with one attached hydrogen (secondary N) is 2. The molecule has 0 bridgehead atoms. The quantitative estimate of drug-likeness (QED) is 0.868. The molecule has 124 valence electrons. The van der Waals surface area contributed by atoms with Crippen LogP contribution in [0.3, 0.4) is 0 Å². The number of carbonyl (C=O) groups is 1. The largest absolute Gasteiger partial charge is 0.333 e. The molecule has 1 aliphatic carbocycles. The van der Waals surface area contributed by atoms with Gasteiger partial charge in [0.05, 0.1) is 13.1 Å². The van der Waals surface area contributed by atoms with Crippen molar-refractivity contribution < 1.29 is 9.69 Å². The SMILES string of the molecule is CC(C)[C@@](C)(C#N)NC(=O)C[NH+](C)[C@@H]1CCCc2ccccc21. The molecule has 0 aromatic heterocycles. The standard InChI is InChI=1S/C19H27N3O/c1-14(2)19(3,13-20)21-18(23)12-22(4)17-11-7-9-15-8-5-6-10-16(15)17/h5-6,8,10,14,17H,7,9,11-12H2,1-4H3,(H,21,23)/p+1/t17-,19-/m1/s1. The fraction of sp³-hybridized carbons (Fsp3) is 0.579. The molecule has 1 aliphatic rings. The topological polar surface area (TPSA) is 57.3 Å². The molecular weight excluding hydrogens is 286 g/mol. The van der Waals surface area contributed by atoms with Crippen LogP contribution in [0.2, 0.25) is 0 Å². The number of hydrogen-bond acceptors (Lipinski definition) is 2. The van der Waals surface area contributed by atoms with Crippen molar-refractivity contribution in [1.29, 1.82) is 5.26 Å². The molecule has 0 saturated carbocycles. The van der Waals surface area contributed by atoms with Crippen molar-refractivity contribution in [2.45, 2.75) is 51.6 Å². The minimum absolute atomic E-state index is 0.0525. The first-order valence-electron chi connectivity index (χ1n) is 8.49. The van der Waals surface area contributed by atoms with E-state index in [0.29, 0.717) is 12.6 Å². The fourth-order valence-corrected chi connectivity index (χ4v) is 3.28. The molecule has 0 radical (unpaired) electrons. The Hall–Kier alpha value is -1.86. The highest BCUT2D eigenvalue weighted by atomic mass is 16.2. The average Bonchev–Trinajstić information content (AvgIpc) is 2.53. The first kappa shape index (κ1) is 17.5. The summed E-state index contributed by atoms with van der Waals surface area (Å²) in [5.74, 6) is 0.0236. The summed E-state index contributed by atoms with van der Waals surface area (Å²) in [4.78, 5) is 13.6. The summed E-state index contributed by atoms with van der Waals surface area (Å²) >= 11 is 0. The average molecular weight is 314 g/mol. The third-order valence-electron chi connectivity index (χ3n) is 5.19. The zero-order valence-corrected chi connectivity index (χ0v) is 14.6. The molecule has 0 spiro atoms. The van der Waals surface area contributed by atoms with E-state index < -0.39 is 5.54 Å². The highest BCUT2D eigenvalue weighted by Gasteiger charge is 2.33. The number of hydrogen-bond donors (Lipinski definition) is 2. The highest BCUT2D eigenvalue weighted by Crippen LogP contribution is 2.27. The van der Waals surface area contributed by atoms with Crippen molar-refractivity contribution in [1.82, 2.24) is 5.32 Å². The van der Waals surface area contributed by atoms with Gasteiger partial charge in [-0.1, -0.05) is 38.1 Å². The van der Waals surface area contributed by atoms with E-state index >= 15 is 0 Å². The molecular formula is C19H28N3O+. The van der Waals surface area contributed by atoms with E-state index in [4.69, 9.17) is 0 Å². The lowest BCUT2D eigenvalue weighted by molar-refractivity contribution is -0.905. The number of aryl methyl sites for hydroxylation is 1. The monoisotopic (exact) mass is 314 g/mol. The maximum atomic E-state index is 12.4. The lowest BCUT2D eigenvalue weighted by atomic mass is 9.87. The van der Waals surface area contributed by atoms with Crippen LogP contribution in [0.25, 0.3) is 0 Å². The third-order valence-corrected chi connectivity index (χ3v) is 5.19. The normalized spacial score (nSPS) is 21.0. The van der Waals surface area contributed by atoms with Crippen LogP contribution in [0.4, 0.5) is 0 Å². The van der Waals surface area contributed by atoms with Gasteiger partial charge in [0.2, 0.25) is 0 Å². The van der Waals surface area contributed by atoms with E-state index in [1.54, 1.807) is 6.92 Å². The van der Waals surface area contributed by atoms with Crippen molar-refractivity contribution in [3.05, 3.63) is 35.4 Å². The van der Waals surface area contributed by atoms with Crippen LogP contribution in [0.5, 0.6) is 0 Å². The van der Waals surface area contributed by atoms with Gasteiger partial charge < -0.3 is 10.2 Å². The molecule has 4 heteroatoms. The molecule has 1 aromatic rings. The Kier molecular flexibility index (Phi) is 5.43. The summed E-state index contributed by atoms with van der Waals surface area (Å²) in [6, 6.07) is 11.1. The molecule has 1 aromatic carbocycles. The second-order valence-electron chi connectivity index (χ2n) is 7.18. The second-order valence-corrected chi connectivity index (χ2v) is 7.18. The van der Waals surface area contributed by atoms with Gasteiger partial charge in [-0.25, -0.2) is 0 Å². The summed E-state index contributed by atoms with van der Waals surface area (Å²) in [6.07, 6.45) is 3.41. The molecule has 1 amide bonds. The number of fused-ring (bicyclic) bond motifs is 1. The molecule has 0 heterocycles. The number of rotatable bonds is 5. The molecule has 0 fully saturated rings. The number of quaternary nitrogens is 1. The zero-order valence-electron chi connectivity index (χ0n) is 14.6. The van der Waals surface area contributed by atoms with E-state index in [-0.39, 0.29) is 11.8 Å². The maximum absolute atomic E-state index is 12.4. The number of likely N-dealkylation sites (N-methyl/N-ethyl adjacent to an activating group) is 1. The van der Waals surface area contributed by atoms with Crippen LogP contribution in [0.15, 0.2) is 24.3 Å². The van der Waals surface area contributed by atoms with E-state index in [1.165, 1.54) is 22.4 Å². The van der Waals surface area contributed by atoms with Crippen molar-refractivity contribution in [2.24, 2.45) is 5.92 Å². The van der Waals surface area contributed by atoms with Crippen molar-refractivity contribution in [2.75, 3.05) is 13.6 Å². The predicted octanol–water partition coefficient (Wildman–Crippen LogP) is 1.63. The molecule has 2 rings (SSSR count). The van der Waals surface area contributed by atoms with Gasteiger partial charge in [-0.15, -0.1) is 0 Å². The molecule has 0 aliphatic heterocycles. The fourth-order valence-electron chi connectivity index (χ4n) is 3.28. The van der Waals surface area contributed by atoms with Crippen LogP contribution in [-0.2, 0) is 11.2 Å². The van der Waals surface area contributed by atoms with Crippen molar-refractivity contribution in [3.63, 3.8) is 0 Å². The first-order valence-corrected chi connectivity index (χ1v) is 8.49. The number of carbonyl (C=O) groups excluding carboxylic acids is 1. The Morgan fingerprint density at radius 3 is 2.83 bits per heavy atom. The van der Waals surface area contributed by atoms with Gasteiger partial charge in [0.25, 0.3) is 5.91 Å². The number of benzene rings is 1. The molecule has 4 nitrogen and oxygen atoms in total. The highest BCUT2D eigenvalue weighted by molar-refractivity contribution is 5.78. The summed E-state index contributed by atoms with van der Waals surface area (Å²) in [6.45, 7) is 6.10. The Morgan fingerprint density at radius 1 is 1.48 bits per heavy atom. The number of amides is 1. The van der Waals surface area contributed by atoms with Gasteiger partial charge in [-0.05, 0) is 31.2 Å². The number of nitrogens with zero attached hydrogens (tertiary/aromatic N) is 1. The molecule has 3 atom stereocenters. The third kappa shape index (κ3) is 3.92. The van der Waals surface area contributed by atoms with Gasteiger partial charge >= 0.3 is 0 Å². The summed E-state index contributed by atoms with van der Waals surface area (Å²) in [5.41, 5.74) is 1.98. The van der Waals surface area contributed by atoms with Crippen molar-refractivity contribution in [3.8, 4) is 6.07 Å². The Bertz CT molecular complexity index is 605. The minimum Gasteiger partial charge on any atom is -0.333 e. The molecule has 0 saturated heterocycles. The molecule has 1 unspecified atom stereocenters. The zero-order chi connectivity index (χ0) is 17.0. The van der Waals surface area contributed by atoms with E-state index in [2.05, 4.69) is 42.7 Å². The van der Waals surface area contributed by atoms with Crippen LogP contribution in [0.1, 0.15) is 50.8 Å². The van der Waals surface area contributed by atoms with Crippen LogP contribution >= 0.6 is 0 Å². The summed E-state index contributed by atoms with van der Waals surface area (Å²) < 4.78 is 0. The van der Waals surface area contributed by atoms with Gasteiger partial charge in [0, 0.05) is 12.0 Å². The van der Waals surface area contributed by atoms with E-state index in [0.717, 1.165) is 12.8 Å². The summed E-state index contributed by atoms with van der Waals surface area (Å²) in [7, 11) is 2.07. The van der Waals surface area contributed by atoms with Gasteiger partial charge in [0.1, 0.15) is 11.6 Å². The number of nitriles is 1. The van der Waals surface area contributed by atoms with Gasteiger partial charge in [-0.2, -0.15) is 5.26 Å². The minimum atomic E-state index is -0.804. The summed E-state index contributed by atoms with van der Waals surface area (Å²) in [5, 5.41) is 12.3. The van der Waals surface area contributed by atoms with Crippen LogP contribution in [0, 0.1) is 17.2 Å². The second kappa shape index (κ2) is 7.14.